The van der Waals surface area contributed by atoms with E-state index in [1.807, 2.05) is 25.1 Å². The summed E-state index contributed by atoms with van der Waals surface area (Å²) in [5, 5.41) is 4.36. The first-order valence-electron chi connectivity index (χ1n) is 11.3. The van der Waals surface area contributed by atoms with Gasteiger partial charge in [-0.05, 0) is 49.6 Å². The number of hydrogen-bond acceptors (Lipinski definition) is 5. The predicted molar refractivity (Wildman–Crippen MR) is 138 cm³/mol. The Hall–Kier alpha value is -2.84. The van der Waals surface area contributed by atoms with E-state index in [1.54, 1.807) is 33.7 Å². The highest BCUT2D eigenvalue weighted by atomic mass is 35.5. The highest BCUT2D eigenvalue weighted by Crippen LogP contribution is 2.32. The zero-order valence-electron chi connectivity index (χ0n) is 19.4. The van der Waals surface area contributed by atoms with Crippen LogP contribution in [0.5, 0.6) is 0 Å². The molecule has 1 aliphatic rings. The molecule has 0 saturated heterocycles. The van der Waals surface area contributed by atoms with Crippen LogP contribution >= 0.6 is 23.4 Å². The van der Waals surface area contributed by atoms with Gasteiger partial charge in [-0.1, -0.05) is 49.3 Å². The fourth-order valence-corrected chi connectivity index (χ4v) is 5.08. The number of amides is 2. The van der Waals surface area contributed by atoms with Gasteiger partial charge in [-0.2, -0.15) is 0 Å². The molecule has 0 saturated carbocycles. The van der Waals surface area contributed by atoms with Gasteiger partial charge in [-0.25, -0.2) is 4.98 Å². The summed E-state index contributed by atoms with van der Waals surface area (Å²) in [6, 6.07) is 12.0. The van der Waals surface area contributed by atoms with Gasteiger partial charge in [0.15, 0.2) is 5.16 Å². The first kappa shape index (κ1) is 24.3. The monoisotopic (exact) mass is 498 g/mol. The van der Waals surface area contributed by atoms with Crippen LogP contribution in [0, 0.1) is 5.92 Å². The Morgan fingerprint density at radius 3 is 2.76 bits per heavy atom. The number of hydrogen-bond donors (Lipinski definition) is 1. The third-order valence-corrected chi connectivity index (χ3v) is 6.96. The molecule has 0 bridgehead atoms. The molecule has 178 valence electrons. The lowest BCUT2D eigenvalue weighted by Crippen LogP contribution is -2.40. The van der Waals surface area contributed by atoms with Crippen molar-refractivity contribution in [2.45, 2.75) is 51.4 Å². The van der Waals surface area contributed by atoms with Gasteiger partial charge in [-0.15, -0.1) is 0 Å². The van der Waals surface area contributed by atoms with E-state index in [9.17, 15) is 14.4 Å². The number of nitrogens with zero attached hydrogens (tertiary/aromatic N) is 3. The topological polar surface area (TPSA) is 84.3 Å². The zero-order chi connectivity index (χ0) is 24.4. The van der Waals surface area contributed by atoms with Crippen LogP contribution in [0.4, 0.5) is 11.4 Å². The first-order chi connectivity index (χ1) is 16.2. The standard InChI is InChI=1S/C25H27ClN4O3S/c1-15(2)10-11-29-24(33)18-9-8-17(26)13-20(18)28-25(29)34-14-23(32)30-16(3)12-22(31)27-19-6-4-5-7-21(19)30/h4-9,13,15-16H,10-12,14H2,1-3H3,(H,27,31)/t16-/m0/s1. The number of carbonyl (C=O) groups is 2. The summed E-state index contributed by atoms with van der Waals surface area (Å²) in [4.78, 5) is 45.3. The molecule has 1 N–H and O–H groups in total. The lowest BCUT2D eigenvalue weighted by Gasteiger charge is -2.27. The first-order valence-corrected chi connectivity index (χ1v) is 12.6. The Morgan fingerprint density at radius 2 is 2.00 bits per heavy atom. The molecule has 1 atom stereocenters. The maximum absolute atomic E-state index is 13.4. The van der Waals surface area contributed by atoms with Gasteiger partial charge in [0, 0.05) is 24.0 Å². The number of benzene rings is 2. The van der Waals surface area contributed by atoms with Crippen molar-refractivity contribution in [2.75, 3.05) is 16.0 Å². The van der Waals surface area contributed by atoms with Crippen LogP contribution in [0.3, 0.4) is 0 Å². The Bertz CT molecular complexity index is 1310. The van der Waals surface area contributed by atoms with Crippen LogP contribution in [0.2, 0.25) is 5.02 Å². The van der Waals surface area contributed by atoms with Gasteiger partial charge in [0.25, 0.3) is 5.56 Å². The third kappa shape index (κ3) is 5.13. The Labute approximate surface area is 207 Å². The van der Waals surface area contributed by atoms with E-state index in [0.29, 0.717) is 44.9 Å². The molecule has 3 aromatic rings. The lowest BCUT2D eigenvalue weighted by atomic mass is 10.1. The van der Waals surface area contributed by atoms with Crippen molar-refractivity contribution in [3.63, 3.8) is 0 Å². The molecule has 0 aliphatic carbocycles. The van der Waals surface area contributed by atoms with Crippen LogP contribution in [-0.4, -0.2) is 33.2 Å². The molecule has 1 aliphatic heterocycles. The van der Waals surface area contributed by atoms with Crippen molar-refractivity contribution in [1.82, 2.24) is 9.55 Å². The van der Waals surface area contributed by atoms with E-state index in [2.05, 4.69) is 19.2 Å². The molecular weight excluding hydrogens is 472 g/mol. The van der Waals surface area contributed by atoms with E-state index < -0.39 is 0 Å². The molecule has 2 amide bonds. The number of rotatable bonds is 6. The molecule has 0 fully saturated rings. The highest BCUT2D eigenvalue weighted by Gasteiger charge is 2.29. The second kappa shape index (κ2) is 10.2. The van der Waals surface area contributed by atoms with Gasteiger partial charge < -0.3 is 10.2 Å². The molecule has 0 radical (unpaired) electrons. The second-order valence-electron chi connectivity index (χ2n) is 8.87. The molecule has 2 aromatic carbocycles. The fourth-order valence-electron chi connectivity index (χ4n) is 4.03. The average molecular weight is 499 g/mol. The number of fused-ring (bicyclic) bond motifs is 2. The maximum atomic E-state index is 13.4. The smallest absolute Gasteiger partial charge is 0.262 e. The van der Waals surface area contributed by atoms with Crippen LogP contribution in [-0.2, 0) is 16.1 Å². The van der Waals surface area contributed by atoms with Crippen LogP contribution in [0.15, 0.2) is 52.4 Å². The SMILES string of the molecule is CC(C)CCn1c(SCC(=O)N2c3ccccc3NC(=O)C[C@@H]2C)nc2cc(Cl)ccc2c1=O. The van der Waals surface area contributed by atoms with Gasteiger partial charge in [0.2, 0.25) is 11.8 Å². The molecule has 2 heterocycles. The minimum atomic E-state index is -0.303. The molecule has 9 heteroatoms. The van der Waals surface area contributed by atoms with Crippen LogP contribution in [0.25, 0.3) is 10.9 Å². The van der Waals surface area contributed by atoms with E-state index >= 15 is 0 Å². The normalized spacial score (nSPS) is 15.9. The Balaban J connectivity index is 1.66. The van der Waals surface area contributed by atoms with Crippen molar-refractivity contribution in [1.29, 1.82) is 0 Å². The minimum absolute atomic E-state index is 0.0764. The number of aromatic nitrogens is 2. The van der Waals surface area contributed by atoms with Crippen LogP contribution in [0.1, 0.15) is 33.6 Å². The minimum Gasteiger partial charge on any atom is -0.324 e. The molecule has 1 aromatic heterocycles. The molecule has 34 heavy (non-hydrogen) atoms. The van der Waals surface area contributed by atoms with E-state index in [1.165, 1.54) is 11.8 Å². The van der Waals surface area contributed by atoms with Gasteiger partial charge in [0.1, 0.15) is 0 Å². The number of thioether (sulfide) groups is 1. The Kier molecular flexibility index (Phi) is 7.28. The van der Waals surface area contributed by atoms with E-state index in [-0.39, 0.29) is 35.6 Å². The predicted octanol–water partition coefficient (Wildman–Crippen LogP) is 4.95. The maximum Gasteiger partial charge on any atom is 0.262 e. The molecule has 7 nitrogen and oxygen atoms in total. The number of nitrogens with one attached hydrogen (secondary N) is 1. The molecular formula is C25H27ClN4O3S. The molecule has 0 spiro atoms. The average Bonchev–Trinajstić information content (AvgIpc) is 2.90. The lowest BCUT2D eigenvalue weighted by molar-refractivity contribution is -0.117. The second-order valence-corrected chi connectivity index (χ2v) is 10.2. The zero-order valence-corrected chi connectivity index (χ0v) is 20.9. The van der Waals surface area contributed by atoms with Crippen molar-refractivity contribution < 1.29 is 9.59 Å². The van der Waals surface area contributed by atoms with Crippen molar-refractivity contribution in [2.24, 2.45) is 5.92 Å². The summed E-state index contributed by atoms with van der Waals surface area (Å²) in [5.41, 5.74) is 1.65. The summed E-state index contributed by atoms with van der Waals surface area (Å²) in [5.74, 6) is 0.204. The summed E-state index contributed by atoms with van der Waals surface area (Å²) < 4.78 is 1.65. The number of para-hydroxylation sites is 2. The van der Waals surface area contributed by atoms with E-state index in [4.69, 9.17) is 16.6 Å². The summed E-state index contributed by atoms with van der Waals surface area (Å²) in [6.45, 7) is 6.57. The van der Waals surface area contributed by atoms with Crippen molar-refractivity contribution >= 4 is 57.5 Å². The third-order valence-electron chi connectivity index (χ3n) is 5.77. The summed E-state index contributed by atoms with van der Waals surface area (Å²) in [6.07, 6.45) is 1.02. The van der Waals surface area contributed by atoms with E-state index in [0.717, 1.165) is 6.42 Å². The molecule has 4 rings (SSSR count). The summed E-state index contributed by atoms with van der Waals surface area (Å²) in [7, 11) is 0. The number of halogens is 1. The number of carbonyl (C=O) groups excluding carboxylic acids is 2. The number of anilines is 2. The quantitative estimate of drug-likeness (QED) is 0.384. The van der Waals surface area contributed by atoms with Gasteiger partial charge in [-0.3, -0.25) is 19.0 Å². The Morgan fingerprint density at radius 1 is 1.24 bits per heavy atom. The fraction of sp³-hybridized carbons (Fsp3) is 0.360. The highest BCUT2D eigenvalue weighted by molar-refractivity contribution is 7.99. The van der Waals surface area contributed by atoms with Gasteiger partial charge >= 0.3 is 0 Å². The van der Waals surface area contributed by atoms with Crippen LogP contribution < -0.4 is 15.8 Å². The van der Waals surface area contributed by atoms with Crippen molar-refractivity contribution in [3.8, 4) is 0 Å². The van der Waals surface area contributed by atoms with Crippen molar-refractivity contribution in [3.05, 3.63) is 57.8 Å². The van der Waals surface area contributed by atoms with Gasteiger partial charge in [0.05, 0.1) is 28.0 Å². The largest absolute Gasteiger partial charge is 0.324 e. The summed E-state index contributed by atoms with van der Waals surface area (Å²) >= 11 is 7.37. The molecule has 0 unspecified atom stereocenters.